The van der Waals surface area contributed by atoms with E-state index >= 15 is 0 Å². The van der Waals surface area contributed by atoms with Crippen LogP contribution in [0.3, 0.4) is 0 Å². The van der Waals surface area contributed by atoms with Gasteiger partial charge in [0.1, 0.15) is 5.75 Å². The molecule has 2 rings (SSSR count). The monoisotopic (exact) mass is 236 g/mol. The van der Waals surface area contributed by atoms with Crippen molar-refractivity contribution in [2.45, 2.75) is 13.0 Å². The summed E-state index contributed by atoms with van der Waals surface area (Å²) in [6, 6.07) is 9.47. The second-order valence-corrected chi connectivity index (χ2v) is 4.20. The van der Waals surface area contributed by atoms with Crippen molar-refractivity contribution in [3.8, 4) is 5.75 Å². The van der Waals surface area contributed by atoms with E-state index < -0.39 is 6.10 Å². The maximum Gasteiger partial charge on any atom is 0.125 e. The van der Waals surface area contributed by atoms with Crippen LogP contribution in [0.25, 0.3) is 10.8 Å². The van der Waals surface area contributed by atoms with Gasteiger partial charge >= 0.3 is 0 Å². The van der Waals surface area contributed by atoms with Crippen LogP contribution in [0, 0.1) is 0 Å². The smallest absolute Gasteiger partial charge is 0.125 e. The second kappa shape index (κ2) is 4.32. The van der Waals surface area contributed by atoms with Gasteiger partial charge in [-0.25, -0.2) is 0 Å². The molecule has 0 spiro atoms. The highest BCUT2D eigenvalue weighted by molar-refractivity contribution is 6.31. The van der Waals surface area contributed by atoms with Gasteiger partial charge in [0, 0.05) is 10.6 Å². The summed E-state index contributed by atoms with van der Waals surface area (Å²) < 4.78 is 5.25. The Balaban J connectivity index is 2.70. The molecule has 84 valence electrons. The number of halogens is 1. The first-order chi connectivity index (χ1) is 7.61. The lowest BCUT2D eigenvalue weighted by Gasteiger charge is -2.12. The zero-order valence-corrected chi connectivity index (χ0v) is 9.95. The van der Waals surface area contributed by atoms with Crippen molar-refractivity contribution in [1.29, 1.82) is 0 Å². The molecular formula is C13H13ClO2. The number of benzene rings is 2. The minimum atomic E-state index is -0.557. The summed E-state index contributed by atoms with van der Waals surface area (Å²) in [5.74, 6) is 0.699. The first kappa shape index (κ1) is 11.2. The minimum Gasteiger partial charge on any atom is -0.496 e. The van der Waals surface area contributed by atoms with Gasteiger partial charge in [0.15, 0.2) is 0 Å². The van der Waals surface area contributed by atoms with Crippen LogP contribution in [0.4, 0.5) is 0 Å². The summed E-state index contributed by atoms with van der Waals surface area (Å²) in [5, 5.41) is 12.4. The highest BCUT2D eigenvalue weighted by Gasteiger charge is 2.10. The Hall–Kier alpha value is -1.25. The van der Waals surface area contributed by atoms with Crippen molar-refractivity contribution in [3.63, 3.8) is 0 Å². The van der Waals surface area contributed by atoms with Crippen molar-refractivity contribution in [1.82, 2.24) is 0 Å². The van der Waals surface area contributed by atoms with Gasteiger partial charge in [0.2, 0.25) is 0 Å². The Kier molecular flexibility index (Phi) is 3.03. The maximum absolute atomic E-state index is 9.65. The molecule has 0 amide bonds. The summed E-state index contributed by atoms with van der Waals surface area (Å²) in [5.41, 5.74) is 0.775. The summed E-state index contributed by atoms with van der Waals surface area (Å²) >= 11 is 5.93. The molecule has 0 aliphatic heterocycles. The first-order valence-corrected chi connectivity index (χ1v) is 5.45. The molecule has 16 heavy (non-hydrogen) atoms. The lowest BCUT2D eigenvalue weighted by molar-refractivity contribution is 0.194. The lowest BCUT2D eigenvalue weighted by atomic mass is 10.0. The van der Waals surface area contributed by atoms with Crippen LogP contribution in [0.1, 0.15) is 18.6 Å². The van der Waals surface area contributed by atoms with Crippen LogP contribution < -0.4 is 4.74 Å². The van der Waals surface area contributed by atoms with Crippen LogP contribution in [0.5, 0.6) is 5.75 Å². The number of aliphatic hydroxyl groups excluding tert-OH is 1. The van der Waals surface area contributed by atoms with Gasteiger partial charge in [-0.05, 0) is 42.0 Å². The summed E-state index contributed by atoms with van der Waals surface area (Å²) in [7, 11) is 1.60. The van der Waals surface area contributed by atoms with E-state index in [-0.39, 0.29) is 0 Å². The summed E-state index contributed by atoms with van der Waals surface area (Å²) in [4.78, 5) is 0. The van der Waals surface area contributed by atoms with Crippen LogP contribution >= 0.6 is 11.6 Å². The van der Waals surface area contributed by atoms with Crippen LogP contribution in [0.15, 0.2) is 30.3 Å². The highest BCUT2D eigenvalue weighted by atomic mass is 35.5. The number of aliphatic hydroxyl groups is 1. The third-order valence-electron chi connectivity index (χ3n) is 2.60. The molecule has 0 saturated carbocycles. The second-order valence-electron chi connectivity index (χ2n) is 3.76. The van der Waals surface area contributed by atoms with Gasteiger partial charge in [-0.3, -0.25) is 0 Å². The van der Waals surface area contributed by atoms with Crippen molar-refractivity contribution >= 4 is 22.4 Å². The summed E-state index contributed by atoms with van der Waals surface area (Å²) in [6.07, 6.45) is -0.557. The molecule has 0 fully saturated rings. The van der Waals surface area contributed by atoms with Gasteiger partial charge in [-0.15, -0.1) is 0 Å². The number of fused-ring (bicyclic) bond motifs is 1. The highest BCUT2D eigenvalue weighted by Crippen LogP contribution is 2.31. The molecule has 2 nitrogen and oxygen atoms in total. The number of rotatable bonds is 2. The molecule has 1 unspecified atom stereocenters. The molecule has 0 bridgehead atoms. The molecule has 0 aliphatic carbocycles. The molecule has 0 aliphatic rings. The molecular weight excluding hydrogens is 224 g/mol. The summed E-state index contributed by atoms with van der Waals surface area (Å²) in [6.45, 7) is 1.72. The molecule has 2 aromatic carbocycles. The standard InChI is InChI=1S/C13H13ClO2/c1-8(15)12-6-10-5-11(14)4-3-9(10)7-13(12)16-2/h3-8,15H,1-2H3. The Morgan fingerprint density at radius 1 is 1.19 bits per heavy atom. The van der Waals surface area contributed by atoms with E-state index in [1.807, 2.05) is 30.3 Å². The predicted molar refractivity (Wildman–Crippen MR) is 66.1 cm³/mol. The average Bonchev–Trinajstić information content (AvgIpc) is 2.27. The minimum absolute atomic E-state index is 0.557. The van der Waals surface area contributed by atoms with Gasteiger partial charge in [0.05, 0.1) is 13.2 Å². The van der Waals surface area contributed by atoms with Crippen molar-refractivity contribution < 1.29 is 9.84 Å². The van der Waals surface area contributed by atoms with Crippen LogP contribution in [-0.2, 0) is 0 Å². The van der Waals surface area contributed by atoms with Gasteiger partial charge < -0.3 is 9.84 Å². The number of ether oxygens (including phenoxy) is 1. The van der Waals surface area contributed by atoms with E-state index in [1.165, 1.54) is 0 Å². The van der Waals surface area contributed by atoms with Gasteiger partial charge in [-0.1, -0.05) is 17.7 Å². The topological polar surface area (TPSA) is 29.5 Å². The van der Waals surface area contributed by atoms with E-state index in [9.17, 15) is 5.11 Å². The molecule has 0 heterocycles. The fourth-order valence-corrected chi connectivity index (χ4v) is 1.95. The van der Waals surface area contributed by atoms with Crippen molar-refractivity contribution in [3.05, 3.63) is 40.9 Å². The van der Waals surface area contributed by atoms with E-state index in [0.717, 1.165) is 16.3 Å². The van der Waals surface area contributed by atoms with E-state index in [1.54, 1.807) is 14.0 Å². The number of methoxy groups -OCH3 is 1. The molecule has 1 atom stereocenters. The maximum atomic E-state index is 9.65. The quantitative estimate of drug-likeness (QED) is 0.864. The van der Waals surface area contributed by atoms with Gasteiger partial charge in [-0.2, -0.15) is 0 Å². The third kappa shape index (κ3) is 1.99. The van der Waals surface area contributed by atoms with E-state index in [0.29, 0.717) is 10.8 Å². The normalized spacial score (nSPS) is 12.8. The Morgan fingerprint density at radius 3 is 2.56 bits per heavy atom. The van der Waals surface area contributed by atoms with E-state index in [4.69, 9.17) is 16.3 Å². The Morgan fingerprint density at radius 2 is 1.94 bits per heavy atom. The van der Waals surface area contributed by atoms with Crippen molar-refractivity contribution in [2.24, 2.45) is 0 Å². The zero-order valence-electron chi connectivity index (χ0n) is 9.20. The molecule has 1 N–H and O–H groups in total. The molecule has 2 aromatic rings. The fraction of sp³-hybridized carbons (Fsp3) is 0.231. The lowest BCUT2D eigenvalue weighted by Crippen LogP contribution is -1.96. The molecule has 0 saturated heterocycles. The SMILES string of the molecule is COc1cc2ccc(Cl)cc2cc1C(C)O. The Labute approximate surface area is 99.4 Å². The fourth-order valence-electron chi connectivity index (χ4n) is 1.77. The van der Waals surface area contributed by atoms with Gasteiger partial charge in [0.25, 0.3) is 0 Å². The zero-order chi connectivity index (χ0) is 11.7. The third-order valence-corrected chi connectivity index (χ3v) is 2.84. The first-order valence-electron chi connectivity index (χ1n) is 5.07. The van der Waals surface area contributed by atoms with Crippen molar-refractivity contribution in [2.75, 3.05) is 7.11 Å². The van der Waals surface area contributed by atoms with Crippen LogP contribution in [-0.4, -0.2) is 12.2 Å². The van der Waals surface area contributed by atoms with Crippen LogP contribution in [0.2, 0.25) is 5.02 Å². The average molecular weight is 237 g/mol. The predicted octanol–water partition coefficient (Wildman–Crippen LogP) is 3.56. The Bertz CT molecular complexity index is 521. The largest absolute Gasteiger partial charge is 0.496 e. The van der Waals surface area contributed by atoms with E-state index in [2.05, 4.69) is 0 Å². The molecule has 0 aromatic heterocycles. The number of hydrogen-bond donors (Lipinski definition) is 1. The molecule has 3 heteroatoms. The molecule has 0 radical (unpaired) electrons. The number of hydrogen-bond acceptors (Lipinski definition) is 2.